The Bertz CT molecular complexity index is 800. The number of likely N-dealkylation sites (tertiary alicyclic amines) is 1. The number of amides is 1. The minimum absolute atomic E-state index is 0.261. The Balaban J connectivity index is 1.32. The monoisotopic (exact) mass is 361 g/mol. The molecule has 1 amide bonds. The Kier molecular flexibility index (Phi) is 4.46. The van der Waals surface area contributed by atoms with Crippen molar-refractivity contribution in [3.8, 4) is 11.1 Å². The van der Waals surface area contributed by atoms with Crippen LogP contribution < -0.4 is 10.9 Å². The topological polar surface area (TPSA) is 44.4 Å². The molecule has 3 unspecified atom stereocenters. The SMILES string of the molecule is O=C(C1CCC1)N1CCC2NNC(c3ccc(-c4ccccc4)cc3)C2C1. The highest BCUT2D eigenvalue weighted by atomic mass is 16.2. The van der Waals surface area contributed by atoms with Gasteiger partial charge in [0.2, 0.25) is 5.91 Å². The quantitative estimate of drug-likeness (QED) is 0.879. The fraction of sp³-hybridized carbons (Fsp3) is 0.435. The van der Waals surface area contributed by atoms with E-state index in [2.05, 4.69) is 64.3 Å². The van der Waals surface area contributed by atoms with E-state index < -0.39 is 0 Å². The molecule has 0 bridgehead atoms. The molecular formula is C23H27N3O. The lowest BCUT2D eigenvalue weighted by molar-refractivity contribution is -0.140. The van der Waals surface area contributed by atoms with Crippen molar-refractivity contribution >= 4 is 5.91 Å². The number of nitrogens with one attached hydrogen (secondary N) is 2. The number of hydrazine groups is 1. The Morgan fingerprint density at radius 3 is 2.33 bits per heavy atom. The summed E-state index contributed by atoms with van der Waals surface area (Å²) < 4.78 is 0. The minimum Gasteiger partial charge on any atom is -0.342 e. The molecule has 4 heteroatoms. The fourth-order valence-electron chi connectivity index (χ4n) is 4.76. The smallest absolute Gasteiger partial charge is 0.225 e. The lowest BCUT2D eigenvalue weighted by Gasteiger charge is -2.39. The van der Waals surface area contributed by atoms with Gasteiger partial charge in [-0.25, -0.2) is 5.43 Å². The predicted octanol–water partition coefficient (Wildman–Crippen LogP) is 3.52. The third kappa shape index (κ3) is 3.17. The maximum Gasteiger partial charge on any atom is 0.225 e. The van der Waals surface area contributed by atoms with Crippen LogP contribution in [-0.2, 0) is 4.79 Å². The number of piperidine rings is 1. The second-order valence-electron chi connectivity index (χ2n) is 8.23. The highest BCUT2D eigenvalue weighted by molar-refractivity contribution is 5.79. The van der Waals surface area contributed by atoms with Crippen molar-refractivity contribution in [1.82, 2.24) is 15.8 Å². The molecule has 0 aromatic heterocycles. The molecule has 3 atom stereocenters. The van der Waals surface area contributed by atoms with Gasteiger partial charge >= 0.3 is 0 Å². The van der Waals surface area contributed by atoms with E-state index in [-0.39, 0.29) is 6.04 Å². The summed E-state index contributed by atoms with van der Waals surface area (Å²) in [6.07, 6.45) is 4.43. The average molecular weight is 361 g/mol. The summed E-state index contributed by atoms with van der Waals surface area (Å²) in [7, 11) is 0. The molecule has 2 saturated heterocycles. The molecule has 0 radical (unpaired) electrons. The summed E-state index contributed by atoms with van der Waals surface area (Å²) in [4.78, 5) is 14.8. The van der Waals surface area contributed by atoms with Crippen LogP contribution in [0.2, 0.25) is 0 Å². The van der Waals surface area contributed by atoms with E-state index in [0.29, 0.717) is 23.8 Å². The van der Waals surface area contributed by atoms with Crippen LogP contribution >= 0.6 is 0 Å². The van der Waals surface area contributed by atoms with E-state index in [9.17, 15) is 4.79 Å². The van der Waals surface area contributed by atoms with Gasteiger partial charge in [-0.15, -0.1) is 0 Å². The first-order valence-corrected chi connectivity index (χ1v) is 10.2. The first-order chi connectivity index (χ1) is 13.3. The molecule has 2 N–H and O–H groups in total. The minimum atomic E-state index is 0.261. The second-order valence-corrected chi connectivity index (χ2v) is 8.23. The van der Waals surface area contributed by atoms with E-state index in [1.54, 1.807) is 0 Å². The van der Waals surface area contributed by atoms with Gasteiger partial charge in [0.05, 0.1) is 6.04 Å². The van der Waals surface area contributed by atoms with Gasteiger partial charge < -0.3 is 4.90 Å². The van der Waals surface area contributed by atoms with Crippen molar-refractivity contribution in [1.29, 1.82) is 0 Å². The zero-order valence-electron chi connectivity index (χ0n) is 15.6. The van der Waals surface area contributed by atoms with E-state index in [0.717, 1.165) is 32.4 Å². The van der Waals surface area contributed by atoms with Crippen LogP contribution in [0, 0.1) is 11.8 Å². The molecule has 1 aliphatic carbocycles. The van der Waals surface area contributed by atoms with Gasteiger partial charge in [-0.05, 0) is 36.0 Å². The van der Waals surface area contributed by atoms with Crippen LogP contribution in [0.25, 0.3) is 11.1 Å². The molecule has 2 aromatic rings. The Hall–Kier alpha value is -2.17. The van der Waals surface area contributed by atoms with Crippen molar-refractivity contribution < 1.29 is 4.79 Å². The molecule has 3 aliphatic rings. The summed E-state index contributed by atoms with van der Waals surface area (Å²) in [5.74, 6) is 1.13. The average Bonchev–Trinajstić information content (AvgIpc) is 3.10. The number of carbonyl (C=O) groups excluding carboxylic acids is 1. The zero-order valence-corrected chi connectivity index (χ0v) is 15.6. The summed E-state index contributed by atoms with van der Waals surface area (Å²) in [6.45, 7) is 1.76. The van der Waals surface area contributed by atoms with Gasteiger partial charge in [0, 0.05) is 31.0 Å². The fourth-order valence-corrected chi connectivity index (χ4v) is 4.76. The van der Waals surface area contributed by atoms with Gasteiger partial charge in [-0.3, -0.25) is 10.2 Å². The second kappa shape index (κ2) is 7.10. The molecule has 27 heavy (non-hydrogen) atoms. The lowest BCUT2D eigenvalue weighted by Crippen LogP contribution is -2.50. The van der Waals surface area contributed by atoms with Gasteiger partial charge in [0.25, 0.3) is 0 Å². The maximum atomic E-state index is 12.7. The third-order valence-corrected chi connectivity index (χ3v) is 6.65. The number of nitrogens with zero attached hydrogens (tertiary/aromatic N) is 1. The van der Waals surface area contributed by atoms with Crippen molar-refractivity contribution in [3.05, 3.63) is 60.2 Å². The maximum absolute atomic E-state index is 12.7. The van der Waals surface area contributed by atoms with E-state index >= 15 is 0 Å². The summed E-state index contributed by atoms with van der Waals surface area (Å²) >= 11 is 0. The highest BCUT2D eigenvalue weighted by Gasteiger charge is 2.42. The van der Waals surface area contributed by atoms with Crippen LogP contribution in [0.1, 0.15) is 37.3 Å². The molecule has 1 saturated carbocycles. The number of hydrogen-bond acceptors (Lipinski definition) is 3. The Labute approximate surface area is 160 Å². The summed E-state index contributed by atoms with van der Waals surface area (Å²) in [5.41, 5.74) is 10.8. The highest BCUT2D eigenvalue weighted by Crippen LogP contribution is 2.36. The van der Waals surface area contributed by atoms with Crippen LogP contribution in [0.15, 0.2) is 54.6 Å². The lowest BCUT2D eigenvalue weighted by atomic mass is 9.81. The van der Waals surface area contributed by atoms with E-state index in [1.165, 1.54) is 23.1 Å². The Morgan fingerprint density at radius 1 is 0.889 bits per heavy atom. The van der Waals surface area contributed by atoms with Crippen LogP contribution in [0.3, 0.4) is 0 Å². The number of fused-ring (bicyclic) bond motifs is 1. The number of hydrogen-bond donors (Lipinski definition) is 2. The van der Waals surface area contributed by atoms with Gasteiger partial charge in [0.1, 0.15) is 0 Å². The molecule has 2 aliphatic heterocycles. The molecule has 2 aromatic carbocycles. The van der Waals surface area contributed by atoms with E-state index in [1.807, 2.05) is 6.07 Å². The standard InChI is InChI=1S/C23H27N3O/c27-23(19-7-4-8-19)26-14-13-21-20(15-26)22(25-24-21)18-11-9-17(10-12-18)16-5-2-1-3-6-16/h1-3,5-6,9-12,19-22,24-25H,4,7-8,13-15H2. The molecule has 0 spiro atoms. The number of benzene rings is 2. The summed E-state index contributed by atoms with van der Waals surface area (Å²) in [5, 5.41) is 0. The molecule has 3 fully saturated rings. The van der Waals surface area contributed by atoms with Crippen LogP contribution in [0.4, 0.5) is 0 Å². The zero-order chi connectivity index (χ0) is 18.2. The molecule has 140 valence electrons. The molecule has 4 nitrogen and oxygen atoms in total. The van der Waals surface area contributed by atoms with E-state index in [4.69, 9.17) is 0 Å². The molecule has 2 heterocycles. The van der Waals surface area contributed by atoms with Crippen molar-refractivity contribution in [3.63, 3.8) is 0 Å². The van der Waals surface area contributed by atoms with Crippen molar-refractivity contribution in [2.24, 2.45) is 11.8 Å². The van der Waals surface area contributed by atoms with Gasteiger partial charge in [-0.2, -0.15) is 0 Å². The Morgan fingerprint density at radius 2 is 1.63 bits per heavy atom. The first-order valence-electron chi connectivity index (χ1n) is 10.2. The largest absolute Gasteiger partial charge is 0.342 e. The van der Waals surface area contributed by atoms with Crippen LogP contribution in [-0.4, -0.2) is 29.9 Å². The molecule has 5 rings (SSSR count). The van der Waals surface area contributed by atoms with Crippen molar-refractivity contribution in [2.75, 3.05) is 13.1 Å². The third-order valence-electron chi connectivity index (χ3n) is 6.65. The normalized spacial score (nSPS) is 27.9. The first kappa shape index (κ1) is 17.0. The predicted molar refractivity (Wildman–Crippen MR) is 107 cm³/mol. The van der Waals surface area contributed by atoms with Gasteiger partial charge in [-0.1, -0.05) is 61.0 Å². The van der Waals surface area contributed by atoms with Gasteiger partial charge in [0.15, 0.2) is 0 Å². The molecular weight excluding hydrogens is 334 g/mol. The van der Waals surface area contributed by atoms with Crippen molar-refractivity contribution in [2.45, 2.75) is 37.8 Å². The number of carbonyl (C=O) groups is 1. The summed E-state index contributed by atoms with van der Waals surface area (Å²) in [6, 6.07) is 20.1. The number of rotatable bonds is 3. The van der Waals surface area contributed by atoms with Crippen LogP contribution in [0.5, 0.6) is 0 Å².